The highest BCUT2D eigenvalue weighted by Gasteiger charge is 2.35. The largest absolute Gasteiger partial charge is 0.482 e. The van der Waals surface area contributed by atoms with Gasteiger partial charge in [0, 0.05) is 12.1 Å². The van der Waals surface area contributed by atoms with Crippen molar-refractivity contribution in [1.82, 2.24) is 4.90 Å². The van der Waals surface area contributed by atoms with Crippen LogP contribution in [0.2, 0.25) is 0 Å². The van der Waals surface area contributed by atoms with Crippen LogP contribution < -0.4 is 10.5 Å². The molecule has 0 bridgehead atoms. The number of Topliss-reactive ketones (excluding diaryl/α,β-unsaturated/α-hetero) is 1. The van der Waals surface area contributed by atoms with Crippen LogP contribution in [0, 0.1) is 5.92 Å². The van der Waals surface area contributed by atoms with E-state index in [1.807, 2.05) is 0 Å². The molecule has 1 aliphatic rings. The molecule has 3 atom stereocenters. The highest BCUT2D eigenvalue weighted by molar-refractivity contribution is 6.00. The van der Waals surface area contributed by atoms with E-state index in [0.717, 1.165) is 0 Å². The number of carbonyl (C=O) groups excluding carboxylic acids is 3. The van der Waals surface area contributed by atoms with Crippen molar-refractivity contribution in [2.45, 2.75) is 51.9 Å². The Morgan fingerprint density at radius 3 is 2.31 bits per heavy atom. The van der Waals surface area contributed by atoms with Crippen molar-refractivity contribution in [2.24, 2.45) is 11.7 Å². The van der Waals surface area contributed by atoms with Gasteiger partial charge in [-0.2, -0.15) is 0 Å². The number of rotatable bonds is 9. The maximum absolute atomic E-state index is 12.9. The van der Waals surface area contributed by atoms with Crippen molar-refractivity contribution in [3.05, 3.63) is 29.8 Å². The summed E-state index contributed by atoms with van der Waals surface area (Å²) in [7, 11) is 0. The Labute approximate surface area is 186 Å². The molecule has 0 spiro atoms. The van der Waals surface area contributed by atoms with E-state index in [1.165, 1.54) is 36.1 Å². The molecule has 10 nitrogen and oxygen atoms in total. The highest BCUT2D eigenvalue weighted by atomic mass is 16.6. The van der Waals surface area contributed by atoms with E-state index < -0.39 is 41.7 Å². The first-order chi connectivity index (χ1) is 14.9. The number of likely N-dealkylation sites (tertiary alicyclic amines) is 1. The lowest BCUT2D eigenvalue weighted by Crippen LogP contribution is -2.43. The fraction of sp³-hybridized carbons (Fsp3) is 0.545. The Bertz CT molecular complexity index is 846. The summed E-state index contributed by atoms with van der Waals surface area (Å²) >= 11 is 0. The number of hydrogen-bond donors (Lipinski definition) is 2. The lowest BCUT2D eigenvalue weighted by molar-refractivity contribution is -0.157. The Balaban J connectivity index is 1.97. The number of esters is 1. The van der Waals surface area contributed by atoms with Gasteiger partial charge in [0.2, 0.25) is 5.91 Å². The fourth-order valence-corrected chi connectivity index (χ4v) is 3.28. The van der Waals surface area contributed by atoms with Gasteiger partial charge >= 0.3 is 12.1 Å². The number of ketones is 1. The lowest BCUT2D eigenvalue weighted by Gasteiger charge is -2.24. The van der Waals surface area contributed by atoms with Gasteiger partial charge in [-0.3, -0.25) is 9.59 Å². The molecule has 2 amide bonds. The van der Waals surface area contributed by atoms with Crippen LogP contribution in [0.25, 0.3) is 0 Å². The molecule has 1 aromatic carbocycles. The number of ether oxygens (including phenoxy) is 3. The molecule has 1 heterocycles. The van der Waals surface area contributed by atoms with Crippen molar-refractivity contribution >= 4 is 23.8 Å². The second-order valence-corrected chi connectivity index (χ2v) is 8.65. The number of carboxylic acid groups (broad SMARTS) is 1. The Hall–Kier alpha value is -3.14. The molecule has 1 aromatic rings. The molecular weight excluding hydrogens is 420 g/mol. The van der Waals surface area contributed by atoms with Gasteiger partial charge < -0.3 is 30.0 Å². The van der Waals surface area contributed by atoms with Crippen molar-refractivity contribution in [3.63, 3.8) is 0 Å². The molecule has 1 unspecified atom stereocenters. The molecule has 176 valence electrons. The number of nitrogens with two attached hydrogens (primary N) is 1. The van der Waals surface area contributed by atoms with E-state index in [-0.39, 0.29) is 18.9 Å². The van der Waals surface area contributed by atoms with E-state index in [9.17, 15) is 19.2 Å². The third kappa shape index (κ3) is 7.23. The van der Waals surface area contributed by atoms with Crippen LogP contribution in [0.3, 0.4) is 0 Å². The minimum Gasteiger partial charge on any atom is -0.482 e. The number of amides is 2. The number of hydrogen-bond acceptors (Lipinski definition) is 7. The second kappa shape index (κ2) is 10.4. The van der Waals surface area contributed by atoms with Crippen LogP contribution in [0.1, 0.15) is 44.5 Å². The minimum atomic E-state index is -1.19. The molecule has 10 heteroatoms. The molecule has 0 aromatic heterocycles. The topological polar surface area (TPSA) is 145 Å². The molecule has 0 radical (unpaired) electrons. The van der Waals surface area contributed by atoms with E-state index in [1.54, 1.807) is 20.8 Å². The Morgan fingerprint density at radius 2 is 1.81 bits per heavy atom. The molecule has 1 aliphatic heterocycles. The molecule has 1 fully saturated rings. The molecule has 0 aliphatic carbocycles. The highest BCUT2D eigenvalue weighted by Crippen LogP contribution is 2.22. The van der Waals surface area contributed by atoms with E-state index in [4.69, 9.17) is 25.1 Å². The first kappa shape index (κ1) is 25.1. The molecular formula is C22H30N2O8. The predicted octanol–water partition coefficient (Wildman–Crippen LogP) is 1.85. The van der Waals surface area contributed by atoms with Crippen LogP contribution >= 0.6 is 0 Å². The van der Waals surface area contributed by atoms with E-state index in [2.05, 4.69) is 0 Å². The van der Waals surface area contributed by atoms with Gasteiger partial charge in [0.1, 0.15) is 17.5 Å². The maximum atomic E-state index is 12.9. The van der Waals surface area contributed by atoms with Crippen LogP contribution in [0.15, 0.2) is 24.3 Å². The molecule has 1 saturated heterocycles. The maximum Gasteiger partial charge on any atom is 0.407 e. The van der Waals surface area contributed by atoms with Gasteiger partial charge in [0.25, 0.3) is 0 Å². The van der Waals surface area contributed by atoms with Crippen LogP contribution in [0.4, 0.5) is 4.79 Å². The van der Waals surface area contributed by atoms with Crippen LogP contribution in [0.5, 0.6) is 5.75 Å². The van der Waals surface area contributed by atoms with Gasteiger partial charge in [-0.05, 0) is 51.5 Å². The number of benzene rings is 1. The molecule has 32 heavy (non-hydrogen) atoms. The van der Waals surface area contributed by atoms with Crippen LogP contribution in [-0.2, 0) is 19.1 Å². The van der Waals surface area contributed by atoms with Crippen molar-refractivity contribution in [2.75, 3.05) is 19.7 Å². The second-order valence-electron chi connectivity index (χ2n) is 8.65. The summed E-state index contributed by atoms with van der Waals surface area (Å²) in [4.78, 5) is 48.8. The summed E-state index contributed by atoms with van der Waals surface area (Å²) in [5, 5.41) is 9.05. The average molecular weight is 450 g/mol. The average Bonchev–Trinajstić information content (AvgIpc) is 3.17. The van der Waals surface area contributed by atoms with Gasteiger partial charge in [0.15, 0.2) is 12.4 Å². The van der Waals surface area contributed by atoms with Crippen molar-refractivity contribution < 1.29 is 38.5 Å². The number of carbonyl (C=O) groups is 4. The summed E-state index contributed by atoms with van der Waals surface area (Å²) in [5.74, 6) is -2.17. The van der Waals surface area contributed by atoms with Gasteiger partial charge in [-0.1, -0.05) is 6.92 Å². The van der Waals surface area contributed by atoms with E-state index in [0.29, 0.717) is 24.3 Å². The molecule has 2 rings (SSSR count). The van der Waals surface area contributed by atoms with Crippen molar-refractivity contribution in [1.29, 1.82) is 0 Å². The number of primary amides is 1. The zero-order valence-electron chi connectivity index (χ0n) is 18.7. The quantitative estimate of drug-likeness (QED) is 0.428. The normalized spacial score (nSPS) is 18.0. The zero-order valence-corrected chi connectivity index (χ0v) is 18.7. The summed E-state index contributed by atoms with van der Waals surface area (Å²) < 4.78 is 16.2. The monoisotopic (exact) mass is 450 g/mol. The Kier molecular flexibility index (Phi) is 8.20. The summed E-state index contributed by atoms with van der Waals surface area (Å²) in [5.41, 5.74) is 5.15. The van der Waals surface area contributed by atoms with Gasteiger partial charge in [0.05, 0.1) is 18.6 Å². The smallest absolute Gasteiger partial charge is 0.407 e. The standard InChI is InChI=1S/C22H30N2O8/c1-13(19(20(23)27)31-16-9-10-24(11-16)21(28)29)18(26)14-5-7-15(8-6-14)30-12-17(25)32-22(2,3)4/h5-8,13,16,19H,9-12H2,1-4H3,(H2,23,27)(H,28,29)/t13?,16-,19+/m1/s1. The Morgan fingerprint density at radius 1 is 1.19 bits per heavy atom. The zero-order chi connectivity index (χ0) is 24.1. The summed E-state index contributed by atoms with van der Waals surface area (Å²) in [6.45, 7) is 6.93. The summed E-state index contributed by atoms with van der Waals surface area (Å²) in [6.07, 6.45) is -2.35. The first-order valence-corrected chi connectivity index (χ1v) is 10.3. The fourth-order valence-electron chi connectivity index (χ4n) is 3.28. The number of nitrogens with zero attached hydrogens (tertiary/aromatic N) is 1. The first-order valence-electron chi connectivity index (χ1n) is 10.3. The van der Waals surface area contributed by atoms with E-state index >= 15 is 0 Å². The predicted molar refractivity (Wildman–Crippen MR) is 113 cm³/mol. The third-order valence-corrected chi connectivity index (χ3v) is 4.82. The van der Waals surface area contributed by atoms with Gasteiger partial charge in [-0.15, -0.1) is 0 Å². The SMILES string of the molecule is CC(C(=O)c1ccc(OCC(=O)OC(C)(C)C)cc1)[C@H](O[C@@H]1CCN(C(=O)O)C1)C(N)=O. The van der Waals surface area contributed by atoms with Crippen molar-refractivity contribution in [3.8, 4) is 5.75 Å². The lowest BCUT2D eigenvalue weighted by atomic mass is 9.93. The molecule has 0 saturated carbocycles. The van der Waals surface area contributed by atoms with Gasteiger partial charge in [-0.25, -0.2) is 9.59 Å². The van der Waals surface area contributed by atoms with Crippen LogP contribution in [-0.4, -0.2) is 71.3 Å². The minimum absolute atomic E-state index is 0.115. The molecule has 3 N–H and O–H groups in total. The summed E-state index contributed by atoms with van der Waals surface area (Å²) in [6, 6.07) is 6.10. The third-order valence-electron chi connectivity index (χ3n) is 4.82.